The summed E-state index contributed by atoms with van der Waals surface area (Å²) in [7, 11) is 2.17. The highest BCUT2D eigenvalue weighted by Crippen LogP contribution is 2.21. The van der Waals surface area contributed by atoms with E-state index in [1.54, 1.807) is 0 Å². The molecule has 0 radical (unpaired) electrons. The first-order valence-electron chi connectivity index (χ1n) is 5.21. The van der Waals surface area contributed by atoms with Crippen LogP contribution in [0, 0.1) is 0 Å². The number of aromatic nitrogens is 2. The molecule has 0 saturated carbocycles. The van der Waals surface area contributed by atoms with Crippen LogP contribution in [0.1, 0.15) is 19.8 Å². The molecule has 2 rings (SSSR count). The summed E-state index contributed by atoms with van der Waals surface area (Å²) < 4.78 is 3.95. The molecule has 5 nitrogen and oxygen atoms in total. The quantitative estimate of drug-likeness (QED) is 0.789. The van der Waals surface area contributed by atoms with E-state index in [1.165, 1.54) is 11.5 Å². The molecule has 84 valence electrons. The molecule has 3 N–H and O–H groups in total. The third kappa shape index (κ3) is 2.57. The van der Waals surface area contributed by atoms with Gasteiger partial charge in [0.1, 0.15) is 0 Å². The van der Waals surface area contributed by atoms with Crippen molar-refractivity contribution in [3.63, 3.8) is 0 Å². The van der Waals surface area contributed by atoms with Crippen LogP contribution in [-0.4, -0.2) is 39.9 Å². The van der Waals surface area contributed by atoms with Crippen LogP contribution >= 0.6 is 11.5 Å². The molecule has 2 heterocycles. The summed E-state index contributed by atoms with van der Waals surface area (Å²) >= 11 is 1.33. The van der Waals surface area contributed by atoms with Gasteiger partial charge >= 0.3 is 0 Å². The van der Waals surface area contributed by atoms with Gasteiger partial charge in [0.25, 0.3) is 0 Å². The summed E-state index contributed by atoms with van der Waals surface area (Å²) in [6, 6.07) is 1.13. The Bertz CT molecular complexity index is 326. The van der Waals surface area contributed by atoms with Crippen LogP contribution in [0.4, 0.5) is 11.1 Å². The van der Waals surface area contributed by atoms with Crippen molar-refractivity contribution in [3.05, 3.63) is 0 Å². The lowest BCUT2D eigenvalue weighted by Crippen LogP contribution is -2.42. The van der Waals surface area contributed by atoms with Crippen molar-refractivity contribution in [3.8, 4) is 0 Å². The Labute approximate surface area is 93.9 Å². The zero-order valence-corrected chi connectivity index (χ0v) is 9.92. The van der Waals surface area contributed by atoms with Crippen LogP contribution in [0.2, 0.25) is 0 Å². The molecule has 2 unspecified atom stereocenters. The van der Waals surface area contributed by atoms with Gasteiger partial charge in [0.05, 0.1) is 0 Å². The van der Waals surface area contributed by atoms with Gasteiger partial charge in [-0.25, -0.2) is 0 Å². The molecular formula is C9H17N5S. The lowest BCUT2D eigenvalue weighted by atomic mass is 9.99. The van der Waals surface area contributed by atoms with E-state index in [4.69, 9.17) is 5.73 Å². The van der Waals surface area contributed by atoms with Crippen molar-refractivity contribution in [2.75, 3.05) is 24.6 Å². The molecule has 0 spiro atoms. The van der Waals surface area contributed by atoms with E-state index in [1.807, 2.05) is 0 Å². The van der Waals surface area contributed by atoms with Gasteiger partial charge in [-0.15, -0.1) is 0 Å². The maximum absolute atomic E-state index is 5.47. The molecule has 1 aromatic rings. The van der Waals surface area contributed by atoms with Gasteiger partial charge in [0.15, 0.2) is 0 Å². The number of hydrogen-bond donors (Lipinski definition) is 2. The monoisotopic (exact) mass is 227 g/mol. The van der Waals surface area contributed by atoms with E-state index >= 15 is 0 Å². The first-order chi connectivity index (χ1) is 7.15. The number of anilines is 2. The fourth-order valence-electron chi connectivity index (χ4n) is 1.89. The topological polar surface area (TPSA) is 67.1 Å². The van der Waals surface area contributed by atoms with E-state index in [0.717, 1.165) is 24.5 Å². The van der Waals surface area contributed by atoms with E-state index in [-0.39, 0.29) is 0 Å². The fraction of sp³-hybridized carbons (Fsp3) is 0.778. The molecular weight excluding hydrogens is 210 g/mol. The molecule has 1 aliphatic heterocycles. The number of nitrogen functional groups attached to an aromatic ring is 1. The van der Waals surface area contributed by atoms with E-state index in [2.05, 4.69) is 33.5 Å². The number of piperidine rings is 1. The van der Waals surface area contributed by atoms with Gasteiger partial charge in [-0.3, -0.25) is 0 Å². The Balaban J connectivity index is 1.90. The SMILES string of the molecule is CC1CC(Nc2nc(N)ns2)CCN1C. The van der Waals surface area contributed by atoms with Gasteiger partial charge in [-0.2, -0.15) is 9.36 Å². The third-order valence-electron chi connectivity index (χ3n) is 2.98. The third-order valence-corrected chi connectivity index (χ3v) is 3.64. The van der Waals surface area contributed by atoms with Crippen LogP contribution in [0.15, 0.2) is 0 Å². The normalized spacial score (nSPS) is 27.9. The zero-order valence-electron chi connectivity index (χ0n) is 9.10. The minimum atomic E-state index is 0.364. The molecule has 0 amide bonds. The predicted molar refractivity (Wildman–Crippen MR) is 63.1 cm³/mol. The Kier molecular flexibility index (Phi) is 3.06. The van der Waals surface area contributed by atoms with Gasteiger partial charge in [0, 0.05) is 30.2 Å². The number of likely N-dealkylation sites (tertiary alicyclic amines) is 1. The zero-order chi connectivity index (χ0) is 10.8. The van der Waals surface area contributed by atoms with Crippen LogP contribution in [0.3, 0.4) is 0 Å². The number of nitrogens with two attached hydrogens (primary N) is 1. The van der Waals surface area contributed by atoms with Crippen molar-refractivity contribution in [2.24, 2.45) is 0 Å². The Morgan fingerprint density at radius 2 is 2.40 bits per heavy atom. The molecule has 0 aliphatic carbocycles. The number of rotatable bonds is 2. The minimum Gasteiger partial charge on any atom is -0.367 e. The van der Waals surface area contributed by atoms with Gasteiger partial charge in [-0.05, 0) is 26.8 Å². The highest BCUT2D eigenvalue weighted by Gasteiger charge is 2.23. The van der Waals surface area contributed by atoms with E-state index in [9.17, 15) is 0 Å². The average Bonchev–Trinajstić information content (AvgIpc) is 2.58. The molecule has 0 aromatic carbocycles. The Morgan fingerprint density at radius 3 is 3.00 bits per heavy atom. The summed E-state index contributed by atoms with van der Waals surface area (Å²) in [5.74, 6) is 0.364. The first-order valence-corrected chi connectivity index (χ1v) is 5.98. The number of nitrogens with zero attached hydrogens (tertiary/aromatic N) is 3. The van der Waals surface area contributed by atoms with Crippen molar-refractivity contribution >= 4 is 22.6 Å². The summed E-state index contributed by atoms with van der Waals surface area (Å²) in [6.07, 6.45) is 2.30. The van der Waals surface area contributed by atoms with Crippen molar-refractivity contribution in [2.45, 2.75) is 31.8 Å². The van der Waals surface area contributed by atoms with Gasteiger partial charge in [-0.1, -0.05) is 0 Å². The molecule has 0 bridgehead atoms. The lowest BCUT2D eigenvalue weighted by molar-refractivity contribution is 0.190. The Hall–Kier alpha value is -0.880. The standard InChI is InChI=1S/C9H17N5S/c1-6-5-7(3-4-14(6)2)11-9-12-8(10)13-15-9/h6-7H,3-5H2,1-2H3,(H3,10,11,12,13). The summed E-state index contributed by atoms with van der Waals surface area (Å²) in [5.41, 5.74) is 5.47. The minimum absolute atomic E-state index is 0.364. The summed E-state index contributed by atoms with van der Waals surface area (Å²) in [6.45, 7) is 3.38. The second kappa shape index (κ2) is 4.32. The first kappa shape index (κ1) is 10.6. The van der Waals surface area contributed by atoms with Crippen LogP contribution in [-0.2, 0) is 0 Å². The summed E-state index contributed by atoms with van der Waals surface area (Å²) in [5, 5.41) is 4.23. The predicted octanol–water partition coefficient (Wildman–Crippen LogP) is 1.01. The molecule has 1 fully saturated rings. The molecule has 6 heteroatoms. The second-order valence-electron chi connectivity index (χ2n) is 4.15. The van der Waals surface area contributed by atoms with Crippen LogP contribution < -0.4 is 11.1 Å². The van der Waals surface area contributed by atoms with Crippen molar-refractivity contribution in [1.82, 2.24) is 14.3 Å². The summed E-state index contributed by atoms with van der Waals surface area (Å²) in [4.78, 5) is 6.49. The van der Waals surface area contributed by atoms with E-state index < -0.39 is 0 Å². The van der Waals surface area contributed by atoms with Crippen LogP contribution in [0.5, 0.6) is 0 Å². The number of hydrogen-bond acceptors (Lipinski definition) is 6. The highest BCUT2D eigenvalue weighted by atomic mass is 32.1. The molecule has 1 saturated heterocycles. The fourth-order valence-corrected chi connectivity index (χ4v) is 2.46. The van der Waals surface area contributed by atoms with Crippen LogP contribution in [0.25, 0.3) is 0 Å². The van der Waals surface area contributed by atoms with Gasteiger partial charge < -0.3 is 16.0 Å². The molecule has 2 atom stereocenters. The maximum Gasteiger partial charge on any atom is 0.233 e. The second-order valence-corrected chi connectivity index (χ2v) is 4.90. The molecule has 1 aromatic heterocycles. The molecule has 1 aliphatic rings. The van der Waals surface area contributed by atoms with Crippen molar-refractivity contribution in [1.29, 1.82) is 0 Å². The van der Waals surface area contributed by atoms with Crippen molar-refractivity contribution < 1.29 is 0 Å². The highest BCUT2D eigenvalue weighted by molar-refractivity contribution is 7.09. The maximum atomic E-state index is 5.47. The van der Waals surface area contributed by atoms with E-state index in [0.29, 0.717) is 18.0 Å². The molecule has 15 heavy (non-hydrogen) atoms. The average molecular weight is 227 g/mol. The van der Waals surface area contributed by atoms with Gasteiger partial charge in [0.2, 0.25) is 11.1 Å². The lowest BCUT2D eigenvalue weighted by Gasteiger charge is -2.35. The Morgan fingerprint density at radius 1 is 1.60 bits per heavy atom. The smallest absolute Gasteiger partial charge is 0.233 e. The largest absolute Gasteiger partial charge is 0.367 e. The number of nitrogens with one attached hydrogen (secondary N) is 1.